The third kappa shape index (κ3) is 7.40. The summed E-state index contributed by atoms with van der Waals surface area (Å²) < 4.78 is 10.6. The Morgan fingerprint density at radius 2 is 1.83 bits per heavy atom. The average Bonchev–Trinajstić information content (AvgIpc) is 2.76. The van der Waals surface area contributed by atoms with Crippen LogP contribution in [0.25, 0.3) is 0 Å². The summed E-state index contributed by atoms with van der Waals surface area (Å²) in [5.41, 5.74) is 0.647. The Bertz CT molecular complexity index is 757. The van der Waals surface area contributed by atoms with Crippen LogP contribution in [0.2, 0.25) is 0 Å². The number of ether oxygens (including phenoxy) is 2. The molecule has 0 bridgehead atoms. The van der Waals surface area contributed by atoms with Gasteiger partial charge in [0.1, 0.15) is 11.6 Å². The van der Waals surface area contributed by atoms with E-state index in [2.05, 4.69) is 24.0 Å². The molecule has 1 aliphatic rings. The van der Waals surface area contributed by atoms with E-state index < -0.39 is 23.7 Å². The summed E-state index contributed by atoms with van der Waals surface area (Å²) in [6.45, 7) is 7.81. The van der Waals surface area contributed by atoms with E-state index in [9.17, 15) is 9.59 Å². The Kier molecular flexibility index (Phi) is 8.77. The number of hydrogen-bond donors (Lipinski definition) is 0. The van der Waals surface area contributed by atoms with Gasteiger partial charge in [0.2, 0.25) is 0 Å². The second-order valence-electron chi connectivity index (χ2n) is 8.96. The molecule has 0 radical (unpaired) electrons. The molecule has 0 saturated carbocycles. The summed E-state index contributed by atoms with van der Waals surface area (Å²) >= 11 is 0. The summed E-state index contributed by atoms with van der Waals surface area (Å²) in [4.78, 5) is 27.1. The van der Waals surface area contributed by atoms with Crippen LogP contribution in [0.1, 0.15) is 58.9 Å². The number of methoxy groups -OCH3 is 1. The average molecular weight is 414 g/mol. The van der Waals surface area contributed by atoms with Crippen molar-refractivity contribution in [2.24, 2.45) is 11.8 Å². The first-order chi connectivity index (χ1) is 14.2. The highest BCUT2D eigenvalue weighted by Gasteiger charge is 2.35. The molecule has 1 aromatic carbocycles. The van der Waals surface area contributed by atoms with E-state index in [0.717, 1.165) is 25.7 Å². The molecule has 5 nitrogen and oxygen atoms in total. The molecule has 2 unspecified atom stereocenters. The summed E-state index contributed by atoms with van der Waals surface area (Å²) in [7, 11) is 1.36. The second-order valence-corrected chi connectivity index (χ2v) is 8.96. The number of benzene rings is 1. The molecule has 3 atom stereocenters. The maximum Gasteiger partial charge on any atom is 0.411 e. The highest BCUT2D eigenvalue weighted by Crippen LogP contribution is 2.29. The van der Waals surface area contributed by atoms with Crippen molar-refractivity contribution in [3.05, 3.63) is 35.9 Å². The van der Waals surface area contributed by atoms with Crippen LogP contribution in [-0.4, -0.2) is 42.3 Å². The lowest BCUT2D eigenvalue weighted by atomic mass is 9.85. The topological polar surface area (TPSA) is 55.8 Å². The van der Waals surface area contributed by atoms with Crippen LogP contribution < -0.4 is 0 Å². The molecule has 0 N–H and O–H groups in total. The lowest BCUT2D eigenvalue weighted by Gasteiger charge is -2.32. The molecule has 2 rings (SSSR count). The Hall–Kier alpha value is -2.48. The fourth-order valence-electron chi connectivity index (χ4n) is 4.02. The fourth-order valence-corrected chi connectivity index (χ4v) is 4.02. The normalized spacial score (nSPS) is 22.6. The van der Waals surface area contributed by atoms with E-state index in [1.54, 1.807) is 4.90 Å². The van der Waals surface area contributed by atoms with Crippen LogP contribution in [-0.2, 0) is 20.7 Å². The molecule has 1 amide bonds. The summed E-state index contributed by atoms with van der Waals surface area (Å²) in [6.07, 6.45) is 3.45. The summed E-state index contributed by atoms with van der Waals surface area (Å²) in [5.74, 6) is 6.51. The van der Waals surface area contributed by atoms with Crippen LogP contribution in [0.5, 0.6) is 0 Å². The predicted octanol–water partition coefficient (Wildman–Crippen LogP) is 4.84. The zero-order valence-electron chi connectivity index (χ0n) is 18.9. The Labute approximate surface area is 181 Å². The quantitative estimate of drug-likeness (QED) is 0.526. The van der Waals surface area contributed by atoms with Crippen LogP contribution in [0.15, 0.2) is 30.3 Å². The third-order valence-electron chi connectivity index (χ3n) is 5.38. The van der Waals surface area contributed by atoms with Crippen LogP contribution >= 0.6 is 0 Å². The number of carbonyl (C=O) groups excluding carboxylic acids is 2. The number of carbonyl (C=O) groups is 2. The van der Waals surface area contributed by atoms with Crippen molar-refractivity contribution in [3.63, 3.8) is 0 Å². The molecule has 0 aliphatic carbocycles. The van der Waals surface area contributed by atoms with E-state index in [1.165, 1.54) is 12.7 Å². The Balaban J connectivity index is 2.29. The van der Waals surface area contributed by atoms with Crippen molar-refractivity contribution in [2.75, 3.05) is 13.7 Å². The fraction of sp³-hybridized carbons (Fsp3) is 0.600. The van der Waals surface area contributed by atoms with Crippen LogP contribution in [0, 0.1) is 23.7 Å². The first kappa shape index (κ1) is 23.8. The van der Waals surface area contributed by atoms with E-state index in [-0.39, 0.29) is 5.92 Å². The van der Waals surface area contributed by atoms with Gasteiger partial charge in [0.15, 0.2) is 0 Å². The minimum absolute atomic E-state index is 0.189. The predicted molar refractivity (Wildman–Crippen MR) is 118 cm³/mol. The molecule has 1 heterocycles. The molecule has 1 aliphatic heterocycles. The Morgan fingerprint density at radius 1 is 1.13 bits per heavy atom. The molecule has 0 spiro atoms. The van der Waals surface area contributed by atoms with Gasteiger partial charge in [0.25, 0.3) is 0 Å². The Morgan fingerprint density at radius 3 is 2.43 bits per heavy atom. The lowest BCUT2D eigenvalue weighted by molar-refractivity contribution is -0.147. The van der Waals surface area contributed by atoms with E-state index in [4.69, 9.17) is 9.47 Å². The molecule has 0 aromatic heterocycles. The van der Waals surface area contributed by atoms with Crippen molar-refractivity contribution >= 4 is 12.1 Å². The third-order valence-corrected chi connectivity index (χ3v) is 5.38. The van der Waals surface area contributed by atoms with Gasteiger partial charge in [-0.15, -0.1) is 11.8 Å². The smallest absolute Gasteiger partial charge is 0.411 e. The van der Waals surface area contributed by atoms with Gasteiger partial charge in [-0.25, -0.2) is 9.59 Å². The van der Waals surface area contributed by atoms with Gasteiger partial charge >= 0.3 is 12.1 Å². The maximum absolute atomic E-state index is 13.0. The highest BCUT2D eigenvalue weighted by molar-refractivity contribution is 5.81. The van der Waals surface area contributed by atoms with Gasteiger partial charge < -0.3 is 9.47 Å². The van der Waals surface area contributed by atoms with Gasteiger partial charge in [-0.1, -0.05) is 30.3 Å². The zero-order chi connectivity index (χ0) is 22.1. The standard InChI is InChI=1S/C25H35NO4/c1-6-10-19-13-14-22(23(27)29-5)26(24(28)30-25(2,3)4)16-15-21(17-19)18-20-11-8-7-9-12-20/h7-9,11-12,19,21-22H,13-18H2,1-5H3/t19?,21?,22-/m1/s1. The second kappa shape index (κ2) is 11.1. The highest BCUT2D eigenvalue weighted by atomic mass is 16.6. The van der Waals surface area contributed by atoms with Gasteiger partial charge in [-0.2, -0.15) is 0 Å². The van der Waals surface area contributed by atoms with Crippen molar-refractivity contribution in [1.82, 2.24) is 4.90 Å². The minimum Gasteiger partial charge on any atom is -0.467 e. The molecule has 1 aromatic rings. The molecular weight excluding hydrogens is 378 g/mol. The molecule has 30 heavy (non-hydrogen) atoms. The van der Waals surface area contributed by atoms with Crippen molar-refractivity contribution in [2.45, 2.75) is 71.4 Å². The number of hydrogen-bond acceptors (Lipinski definition) is 4. The van der Waals surface area contributed by atoms with E-state index >= 15 is 0 Å². The van der Waals surface area contributed by atoms with E-state index in [1.807, 2.05) is 45.9 Å². The van der Waals surface area contributed by atoms with Gasteiger partial charge in [-0.05, 0) is 71.3 Å². The SMILES string of the molecule is CC#CC1CC[C@H](C(=O)OC)N(C(=O)OC(C)(C)C)CCC(Cc2ccccc2)C1. The molecule has 1 saturated heterocycles. The number of nitrogens with zero attached hydrogens (tertiary/aromatic N) is 1. The maximum atomic E-state index is 13.0. The van der Waals surface area contributed by atoms with E-state index in [0.29, 0.717) is 18.9 Å². The van der Waals surface area contributed by atoms with Crippen LogP contribution in [0.3, 0.4) is 0 Å². The summed E-state index contributed by atoms with van der Waals surface area (Å²) in [5, 5.41) is 0. The monoisotopic (exact) mass is 413 g/mol. The van der Waals surface area contributed by atoms with Crippen molar-refractivity contribution < 1.29 is 19.1 Å². The largest absolute Gasteiger partial charge is 0.467 e. The number of rotatable bonds is 3. The first-order valence-corrected chi connectivity index (χ1v) is 10.8. The lowest BCUT2D eigenvalue weighted by Crippen LogP contribution is -2.48. The minimum atomic E-state index is -0.651. The molecule has 164 valence electrons. The summed E-state index contributed by atoms with van der Waals surface area (Å²) in [6, 6.07) is 9.73. The molecule has 5 heteroatoms. The first-order valence-electron chi connectivity index (χ1n) is 10.8. The molecular formula is C25H35NO4. The van der Waals surface area contributed by atoms with Gasteiger partial charge in [-0.3, -0.25) is 4.90 Å². The number of amides is 1. The number of esters is 1. The van der Waals surface area contributed by atoms with Gasteiger partial charge in [0, 0.05) is 12.5 Å². The van der Waals surface area contributed by atoms with Crippen LogP contribution in [0.4, 0.5) is 4.79 Å². The van der Waals surface area contributed by atoms with Gasteiger partial charge in [0.05, 0.1) is 7.11 Å². The van der Waals surface area contributed by atoms with Crippen molar-refractivity contribution in [1.29, 1.82) is 0 Å². The molecule has 1 fully saturated rings. The zero-order valence-corrected chi connectivity index (χ0v) is 18.9. The van der Waals surface area contributed by atoms with Crippen molar-refractivity contribution in [3.8, 4) is 11.8 Å².